The van der Waals surface area contributed by atoms with Gasteiger partial charge in [-0.25, -0.2) is 8.42 Å². The first-order valence-corrected chi connectivity index (χ1v) is 19.1. The van der Waals surface area contributed by atoms with Crippen LogP contribution in [-0.2, 0) is 24.1 Å². The number of sulfone groups is 1. The zero-order valence-electron chi connectivity index (χ0n) is 29.7. The van der Waals surface area contributed by atoms with Gasteiger partial charge in [-0.05, 0) is 74.9 Å². The maximum atomic E-state index is 13.2. The van der Waals surface area contributed by atoms with Crippen LogP contribution in [0.2, 0.25) is 0 Å². The number of Topliss-reactive ketones (excluding diaryl/α,β-unsaturated/α-hetero) is 1. The number of benzene rings is 2. The van der Waals surface area contributed by atoms with E-state index in [1.54, 1.807) is 31.0 Å². The highest BCUT2D eigenvalue weighted by atomic mass is 32.2. The van der Waals surface area contributed by atoms with Crippen molar-refractivity contribution in [2.24, 2.45) is 5.10 Å². The normalized spacial score (nSPS) is 16.0. The third kappa shape index (κ3) is 13.5. The molecular formula is C35H58N2O7S2. The van der Waals surface area contributed by atoms with Gasteiger partial charge in [-0.3, -0.25) is 10.2 Å². The van der Waals surface area contributed by atoms with Crippen molar-refractivity contribution in [3.05, 3.63) is 48.5 Å². The lowest BCUT2D eigenvalue weighted by atomic mass is 9.95. The number of hydrazone groups is 1. The lowest BCUT2D eigenvalue weighted by Gasteiger charge is -2.34. The second-order valence-corrected chi connectivity index (χ2v) is 13.0. The summed E-state index contributed by atoms with van der Waals surface area (Å²) in [6, 6.07) is 14.3. The van der Waals surface area contributed by atoms with Crippen LogP contribution in [0.3, 0.4) is 0 Å². The third-order valence-corrected chi connectivity index (χ3v) is 10.0. The largest absolute Gasteiger partial charge is 0.497 e. The number of hydrogen-bond donors (Lipinski definition) is 1. The molecule has 0 aromatic heterocycles. The summed E-state index contributed by atoms with van der Waals surface area (Å²) in [5.74, 6) is 1.88. The van der Waals surface area contributed by atoms with Gasteiger partial charge in [-0.2, -0.15) is 0 Å². The van der Waals surface area contributed by atoms with E-state index in [2.05, 4.69) is 36.7 Å². The molecule has 0 amide bonds. The first-order valence-electron chi connectivity index (χ1n) is 16.4. The van der Waals surface area contributed by atoms with E-state index in [4.69, 9.17) is 18.9 Å². The first-order chi connectivity index (χ1) is 22.2. The van der Waals surface area contributed by atoms with Crippen molar-refractivity contribution in [2.75, 3.05) is 33.2 Å². The van der Waals surface area contributed by atoms with Gasteiger partial charge in [-0.1, -0.05) is 61.0 Å². The highest BCUT2D eigenvalue weighted by Gasteiger charge is 2.49. The summed E-state index contributed by atoms with van der Waals surface area (Å²) in [5.41, 5.74) is 2.93. The van der Waals surface area contributed by atoms with Crippen LogP contribution in [-0.4, -0.2) is 64.3 Å². The summed E-state index contributed by atoms with van der Waals surface area (Å²) in [5, 5.41) is 4.08. The zero-order valence-corrected chi connectivity index (χ0v) is 31.3. The van der Waals surface area contributed by atoms with E-state index < -0.39 is 14.6 Å². The van der Waals surface area contributed by atoms with Gasteiger partial charge in [0.05, 0.1) is 18.6 Å². The number of hydrogen-bond acceptors (Lipinski definition) is 10. The quantitative estimate of drug-likeness (QED) is 0.185. The monoisotopic (exact) mass is 682 g/mol. The van der Waals surface area contributed by atoms with Crippen molar-refractivity contribution < 1.29 is 32.2 Å². The van der Waals surface area contributed by atoms with Gasteiger partial charge in [0.2, 0.25) is 5.90 Å². The van der Waals surface area contributed by atoms with Crippen LogP contribution in [0.25, 0.3) is 0 Å². The van der Waals surface area contributed by atoms with Crippen LogP contribution in [0.4, 0.5) is 0 Å². The SMILES string of the molecule is CC.CC.CCC.CCC1=NNC(CCCOc2ccc(S(=O)(=O)C3(C(C)=O)CCOCC3)cc2)O1.COc1cccc(SC)c1. The summed E-state index contributed by atoms with van der Waals surface area (Å²) in [4.78, 5) is 13.6. The number of thioether (sulfide) groups is 1. The van der Waals surface area contributed by atoms with Crippen LogP contribution >= 0.6 is 11.8 Å². The van der Waals surface area contributed by atoms with E-state index in [0.717, 1.165) is 25.0 Å². The number of ether oxygens (including phenoxy) is 4. The predicted octanol–water partition coefficient (Wildman–Crippen LogP) is 8.31. The van der Waals surface area contributed by atoms with Crippen molar-refractivity contribution in [1.29, 1.82) is 0 Å². The topological polar surface area (TPSA) is 113 Å². The molecule has 1 fully saturated rings. The fourth-order valence-electron chi connectivity index (χ4n) is 4.29. The van der Waals surface area contributed by atoms with Crippen molar-refractivity contribution >= 4 is 33.3 Å². The highest BCUT2D eigenvalue weighted by Crippen LogP contribution is 2.36. The van der Waals surface area contributed by atoms with Gasteiger partial charge in [0.1, 0.15) is 16.2 Å². The second-order valence-electron chi connectivity index (χ2n) is 9.81. The zero-order chi connectivity index (χ0) is 35.0. The minimum Gasteiger partial charge on any atom is -0.497 e. The Balaban J connectivity index is 0.000000987. The molecule has 0 bridgehead atoms. The molecule has 2 aliphatic heterocycles. The molecular weight excluding hydrogens is 625 g/mol. The summed E-state index contributed by atoms with van der Waals surface area (Å²) in [6.07, 6.45) is 5.82. The number of ketones is 1. The summed E-state index contributed by atoms with van der Waals surface area (Å²) in [7, 11) is -2.13. The number of nitrogens with zero attached hydrogens (tertiary/aromatic N) is 1. The maximum absolute atomic E-state index is 13.2. The average Bonchev–Trinajstić information content (AvgIpc) is 3.57. The molecule has 1 unspecified atom stereocenters. The molecule has 9 nitrogen and oxygen atoms in total. The standard InChI is InChI=1S/C20H28N2O6S.C8H10OS.C3H8.2C2H6/c1-3-18-21-22-19(28-18)5-4-12-27-16-6-8-17(9-7-16)29(24,25)20(15(2)23)10-13-26-14-11-20;1-9-7-4-3-5-8(6-7)10-2;1-3-2;2*1-2/h6-9,19,22H,3-5,10-14H2,1-2H3;3-6H,1-2H3;3H2,1-2H3;2*1-2H3. The van der Waals surface area contributed by atoms with Crippen molar-refractivity contribution in [3.63, 3.8) is 0 Å². The maximum Gasteiger partial charge on any atom is 0.207 e. The van der Waals surface area contributed by atoms with Gasteiger partial charge in [0.25, 0.3) is 0 Å². The highest BCUT2D eigenvalue weighted by molar-refractivity contribution is 7.98. The molecule has 46 heavy (non-hydrogen) atoms. The molecule has 11 heteroatoms. The number of carbonyl (C=O) groups excluding carboxylic acids is 1. The average molecular weight is 683 g/mol. The van der Waals surface area contributed by atoms with Crippen molar-refractivity contribution in [2.45, 2.75) is 115 Å². The van der Waals surface area contributed by atoms with Crippen LogP contribution in [0.5, 0.6) is 11.5 Å². The number of carbonyl (C=O) groups is 1. The Morgan fingerprint density at radius 2 is 1.63 bits per heavy atom. The molecule has 2 aromatic carbocycles. The molecule has 2 heterocycles. The molecule has 2 aliphatic rings. The number of rotatable bonds is 11. The number of methoxy groups -OCH3 is 1. The van der Waals surface area contributed by atoms with Gasteiger partial charge in [0.15, 0.2) is 21.8 Å². The predicted molar refractivity (Wildman–Crippen MR) is 191 cm³/mol. The Hall–Kier alpha value is -2.76. The molecule has 1 atom stereocenters. The Labute approximate surface area is 283 Å². The molecule has 0 spiro atoms. The van der Waals surface area contributed by atoms with Crippen molar-refractivity contribution in [3.8, 4) is 11.5 Å². The smallest absolute Gasteiger partial charge is 0.207 e. The molecule has 4 rings (SSSR count). The van der Waals surface area contributed by atoms with E-state index in [1.807, 2.05) is 52.8 Å². The van der Waals surface area contributed by atoms with E-state index >= 15 is 0 Å². The molecule has 0 saturated carbocycles. The molecule has 262 valence electrons. The van der Waals surface area contributed by atoms with Crippen molar-refractivity contribution in [1.82, 2.24) is 5.43 Å². The van der Waals surface area contributed by atoms with Crippen LogP contribution in [0.1, 0.15) is 93.9 Å². The van der Waals surface area contributed by atoms with E-state index in [9.17, 15) is 13.2 Å². The molecule has 0 aliphatic carbocycles. The summed E-state index contributed by atoms with van der Waals surface area (Å²) >= 11 is 1.72. The Bertz CT molecular complexity index is 1210. The van der Waals surface area contributed by atoms with Crippen LogP contribution in [0.15, 0.2) is 63.4 Å². The Kier molecular flexibility index (Phi) is 23.0. The second kappa shape index (κ2) is 24.4. The Morgan fingerprint density at radius 3 is 2.13 bits per heavy atom. The van der Waals surface area contributed by atoms with Crippen LogP contribution < -0.4 is 14.9 Å². The van der Waals surface area contributed by atoms with Crippen LogP contribution in [0, 0.1) is 0 Å². The van der Waals surface area contributed by atoms with E-state index in [-0.39, 0.29) is 43.0 Å². The molecule has 2 aromatic rings. The minimum atomic E-state index is -3.81. The summed E-state index contributed by atoms with van der Waals surface area (Å²) < 4.78 is 46.5. The fraction of sp³-hybridized carbons (Fsp3) is 0.600. The fourth-order valence-corrected chi connectivity index (χ4v) is 6.76. The van der Waals surface area contributed by atoms with E-state index in [1.165, 1.54) is 30.4 Å². The number of nitrogens with one attached hydrogen (secondary N) is 1. The Morgan fingerprint density at radius 1 is 1.02 bits per heavy atom. The van der Waals surface area contributed by atoms with E-state index in [0.29, 0.717) is 18.3 Å². The molecule has 0 radical (unpaired) electrons. The van der Waals surface area contributed by atoms with Gasteiger partial charge < -0.3 is 18.9 Å². The lowest BCUT2D eigenvalue weighted by molar-refractivity contribution is -0.121. The summed E-state index contributed by atoms with van der Waals surface area (Å²) in [6.45, 7) is 16.6. The minimum absolute atomic E-state index is 0.122. The molecule has 1 saturated heterocycles. The third-order valence-electron chi connectivity index (χ3n) is 6.66. The first kappa shape index (κ1) is 43.2. The molecule has 1 N–H and O–H groups in total. The van der Waals surface area contributed by atoms with Gasteiger partial charge >= 0.3 is 0 Å². The van der Waals surface area contributed by atoms with Gasteiger partial charge in [-0.15, -0.1) is 16.9 Å². The lowest BCUT2D eigenvalue weighted by Crippen LogP contribution is -2.49. The van der Waals surface area contributed by atoms with Gasteiger partial charge in [0, 0.05) is 31.0 Å².